The first kappa shape index (κ1) is 22.9. The van der Waals surface area contributed by atoms with Crippen LogP contribution in [-0.4, -0.2) is 53.4 Å². The minimum atomic E-state index is -4.58. The van der Waals surface area contributed by atoms with Gasteiger partial charge in [0.05, 0.1) is 21.7 Å². The summed E-state index contributed by atoms with van der Waals surface area (Å²) in [6.07, 6.45) is -4.58. The minimum Gasteiger partial charge on any atom is -0.495 e. The minimum absolute atomic E-state index is 0.109. The molecule has 1 atom stereocenters. The third-order valence-electron chi connectivity index (χ3n) is 5.13. The van der Waals surface area contributed by atoms with Gasteiger partial charge in [-0.2, -0.15) is 18.3 Å². The molecule has 1 amide bonds. The number of nitrogens with zero attached hydrogens (tertiary/aromatic N) is 4. The lowest BCUT2D eigenvalue weighted by Gasteiger charge is -2.41. The summed E-state index contributed by atoms with van der Waals surface area (Å²) < 4.78 is 46.4. The van der Waals surface area contributed by atoms with Crippen molar-refractivity contribution in [1.29, 1.82) is 0 Å². The predicted molar refractivity (Wildman–Crippen MR) is 114 cm³/mol. The summed E-state index contributed by atoms with van der Waals surface area (Å²) in [6, 6.07) is 5.70. The molecular weight excluding hydrogens is 533 g/mol. The molecule has 30 heavy (non-hydrogen) atoms. The molecular formula is C19H21Br2F3N4O2. The number of carbonyl (C=O) groups excluding carboxylic acids is 1. The molecule has 1 unspecified atom stereocenters. The number of aromatic nitrogens is 2. The fourth-order valence-electron chi connectivity index (χ4n) is 3.49. The predicted octanol–water partition coefficient (Wildman–Crippen LogP) is 4.48. The molecule has 1 aromatic heterocycles. The highest BCUT2D eigenvalue weighted by Crippen LogP contribution is 2.35. The molecule has 0 spiro atoms. The molecule has 0 aliphatic carbocycles. The zero-order chi connectivity index (χ0) is 22.2. The molecule has 2 heterocycles. The van der Waals surface area contributed by atoms with Crippen molar-refractivity contribution in [1.82, 2.24) is 14.7 Å². The summed E-state index contributed by atoms with van der Waals surface area (Å²) in [5, 5.41) is 3.60. The molecule has 0 saturated carbocycles. The summed E-state index contributed by atoms with van der Waals surface area (Å²) in [7, 11) is 1.60. The van der Waals surface area contributed by atoms with E-state index in [0.29, 0.717) is 19.6 Å². The maximum absolute atomic E-state index is 13.1. The molecule has 164 valence electrons. The largest absolute Gasteiger partial charge is 0.495 e. The van der Waals surface area contributed by atoms with Gasteiger partial charge in [0.25, 0.3) is 0 Å². The van der Waals surface area contributed by atoms with Gasteiger partial charge in [-0.3, -0.25) is 9.48 Å². The molecule has 2 aromatic rings. The topological polar surface area (TPSA) is 50.6 Å². The van der Waals surface area contributed by atoms with Crippen LogP contribution < -0.4 is 9.64 Å². The van der Waals surface area contributed by atoms with E-state index in [4.69, 9.17) is 4.74 Å². The zero-order valence-corrected chi connectivity index (χ0v) is 19.8. The molecule has 1 fully saturated rings. The van der Waals surface area contributed by atoms with Crippen molar-refractivity contribution in [2.75, 3.05) is 31.6 Å². The molecule has 1 aliphatic heterocycles. The van der Waals surface area contributed by atoms with Gasteiger partial charge in [-0.25, -0.2) is 0 Å². The van der Waals surface area contributed by atoms with Crippen LogP contribution in [0.3, 0.4) is 0 Å². The Morgan fingerprint density at radius 3 is 2.57 bits per heavy atom. The van der Waals surface area contributed by atoms with Gasteiger partial charge in [-0.1, -0.05) is 0 Å². The fraction of sp³-hybridized carbons (Fsp3) is 0.474. The Kier molecular flexibility index (Phi) is 6.71. The van der Waals surface area contributed by atoms with Gasteiger partial charge < -0.3 is 14.5 Å². The summed E-state index contributed by atoms with van der Waals surface area (Å²) in [5.74, 6) is 0.459. The lowest BCUT2D eigenvalue weighted by Crippen LogP contribution is -2.54. The second-order valence-corrected chi connectivity index (χ2v) is 8.75. The van der Waals surface area contributed by atoms with E-state index in [2.05, 4.69) is 41.9 Å². The maximum atomic E-state index is 13.1. The SMILES string of the molecule is COc1cc(N2CCN(C(=O)Cn3nc(C(F)(F)F)c(Br)c3C)C(C)C2)ccc1Br. The van der Waals surface area contributed by atoms with Crippen LogP contribution in [0.2, 0.25) is 0 Å². The van der Waals surface area contributed by atoms with Crippen LogP contribution in [0.5, 0.6) is 5.75 Å². The maximum Gasteiger partial charge on any atom is 0.436 e. The van der Waals surface area contributed by atoms with Crippen molar-refractivity contribution in [3.8, 4) is 5.75 Å². The second-order valence-electron chi connectivity index (χ2n) is 7.10. The van der Waals surface area contributed by atoms with Gasteiger partial charge in [0.2, 0.25) is 5.91 Å². The Balaban J connectivity index is 1.70. The van der Waals surface area contributed by atoms with Gasteiger partial charge in [-0.15, -0.1) is 0 Å². The molecule has 11 heteroatoms. The van der Waals surface area contributed by atoms with Crippen molar-refractivity contribution in [2.45, 2.75) is 32.6 Å². The first-order valence-electron chi connectivity index (χ1n) is 9.21. The third kappa shape index (κ3) is 4.61. The van der Waals surface area contributed by atoms with Crippen molar-refractivity contribution in [2.24, 2.45) is 0 Å². The number of benzene rings is 1. The highest BCUT2D eigenvalue weighted by atomic mass is 79.9. The van der Waals surface area contributed by atoms with Gasteiger partial charge >= 0.3 is 6.18 Å². The number of halogens is 5. The number of ether oxygens (including phenoxy) is 1. The summed E-state index contributed by atoms with van der Waals surface area (Å²) in [5.41, 5.74) is 0.231. The molecule has 0 N–H and O–H groups in total. The molecule has 0 bridgehead atoms. The van der Waals surface area contributed by atoms with Crippen molar-refractivity contribution in [3.05, 3.63) is 38.5 Å². The number of alkyl halides is 3. The Morgan fingerprint density at radius 2 is 2.00 bits per heavy atom. The highest BCUT2D eigenvalue weighted by molar-refractivity contribution is 9.10. The van der Waals surface area contributed by atoms with E-state index in [9.17, 15) is 18.0 Å². The summed E-state index contributed by atoms with van der Waals surface area (Å²) in [6.45, 7) is 4.86. The van der Waals surface area contributed by atoms with Crippen molar-refractivity contribution >= 4 is 43.5 Å². The Hall–Kier alpha value is -1.75. The number of amides is 1. The Labute approximate surface area is 189 Å². The van der Waals surface area contributed by atoms with Crippen LogP contribution in [0.25, 0.3) is 0 Å². The van der Waals surface area contributed by atoms with E-state index in [1.807, 2.05) is 25.1 Å². The van der Waals surface area contributed by atoms with Crippen LogP contribution in [0.15, 0.2) is 27.1 Å². The standard InChI is InChI=1S/C19H21Br2F3N4O2/c1-11-9-26(13-4-5-14(20)15(8-13)30-3)6-7-27(11)16(29)10-28-12(2)17(21)18(25-28)19(22,23)24/h4-5,8,11H,6-7,9-10H2,1-3H3. The van der Waals surface area contributed by atoms with Crippen LogP contribution in [0.4, 0.5) is 18.9 Å². The highest BCUT2D eigenvalue weighted by Gasteiger charge is 2.38. The number of anilines is 1. The molecule has 1 aromatic carbocycles. The Bertz CT molecular complexity index is 949. The zero-order valence-electron chi connectivity index (χ0n) is 16.6. The van der Waals surface area contributed by atoms with Crippen LogP contribution in [-0.2, 0) is 17.5 Å². The monoisotopic (exact) mass is 552 g/mol. The van der Waals surface area contributed by atoms with E-state index in [-0.39, 0.29) is 28.7 Å². The quantitative estimate of drug-likeness (QED) is 0.560. The van der Waals surface area contributed by atoms with E-state index in [1.54, 1.807) is 12.0 Å². The molecule has 1 aliphatic rings. The van der Waals surface area contributed by atoms with E-state index in [1.165, 1.54) is 6.92 Å². The average molecular weight is 554 g/mol. The molecule has 1 saturated heterocycles. The lowest BCUT2D eigenvalue weighted by atomic mass is 10.1. The average Bonchev–Trinajstić information content (AvgIpc) is 2.96. The van der Waals surface area contributed by atoms with Crippen molar-refractivity contribution < 1.29 is 22.7 Å². The first-order valence-corrected chi connectivity index (χ1v) is 10.8. The van der Waals surface area contributed by atoms with Gasteiger partial charge in [0, 0.05) is 37.4 Å². The van der Waals surface area contributed by atoms with Crippen molar-refractivity contribution in [3.63, 3.8) is 0 Å². The van der Waals surface area contributed by atoms with E-state index in [0.717, 1.165) is 20.6 Å². The number of rotatable bonds is 4. The lowest BCUT2D eigenvalue weighted by molar-refractivity contribution is -0.143. The Morgan fingerprint density at radius 1 is 1.30 bits per heavy atom. The van der Waals surface area contributed by atoms with Gasteiger partial charge in [-0.05, 0) is 57.8 Å². The number of hydrogen-bond acceptors (Lipinski definition) is 4. The molecule has 6 nitrogen and oxygen atoms in total. The van der Waals surface area contributed by atoms with Crippen LogP contribution in [0, 0.1) is 6.92 Å². The van der Waals surface area contributed by atoms with Crippen LogP contribution in [0.1, 0.15) is 18.3 Å². The molecule has 3 rings (SSSR count). The summed E-state index contributed by atoms with van der Waals surface area (Å²) >= 11 is 6.37. The number of methoxy groups -OCH3 is 1. The number of hydrogen-bond donors (Lipinski definition) is 0. The first-order chi connectivity index (χ1) is 14.0. The molecule has 0 radical (unpaired) electrons. The van der Waals surface area contributed by atoms with E-state index >= 15 is 0 Å². The smallest absolute Gasteiger partial charge is 0.436 e. The van der Waals surface area contributed by atoms with Gasteiger partial charge in [0.1, 0.15) is 12.3 Å². The number of piperazine rings is 1. The normalized spacial score (nSPS) is 17.4. The van der Waals surface area contributed by atoms with Crippen LogP contribution >= 0.6 is 31.9 Å². The van der Waals surface area contributed by atoms with Gasteiger partial charge in [0.15, 0.2) is 5.69 Å². The number of carbonyl (C=O) groups is 1. The van der Waals surface area contributed by atoms with E-state index < -0.39 is 11.9 Å². The fourth-order valence-corrected chi connectivity index (χ4v) is 4.40. The second kappa shape index (κ2) is 8.78. The third-order valence-corrected chi connectivity index (χ3v) is 6.74. The summed E-state index contributed by atoms with van der Waals surface area (Å²) in [4.78, 5) is 16.7.